The first-order valence-electron chi connectivity index (χ1n) is 5.05. The summed E-state index contributed by atoms with van der Waals surface area (Å²) in [5, 5.41) is 0. The Morgan fingerprint density at radius 2 is 1.80 bits per heavy atom. The second kappa shape index (κ2) is 4.64. The van der Waals surface area contributed by atoms with E-state index in [4.69, 9.17) is 10.5 Å². The molecule has 0 amide bonds. The minimum atomic E-state index is -0.0605. The van der Waals surface area contributed by atoms with Crippen LogP contribution < -0.4 is 10.5 Å². The van der Waals surface area contributed by atoms with Crippen LogP contribution in [0.25, 0.3) is 0 Å². The number of hydrogen-bond donors (Lipinski definition) is 1. The first-order chi connectivity index (χ1) is 6.99. The highest BCUT2D eigenvalue weighted by Crippen LogP contribution is 2.27. The molecule has 0 radical (unpaired) electrons. The molecule has 2 N–H and O–H groups in total. The highest BCUT2D eigenvalue weighted by atomic mass is 16.5. The lowest BCUT2D eigenvalue weighted by Crippen LogP contribution is -2.28. The Labute approximate surface area is 91.8 Å². The van der Waals surface area contributed by atoms with Crippen LogP contribution in [0.4, 0.5) is 0 Å². The summed E-state index contributed by atoms with van der Waals surface area (Å²) in [7, 11) is 5.64. The maximum absolute atomic E-state index is 6.08. The van der Waals surface area contributed by atoms with Crippen LogP contribution in [0.3, 0.4) is 0 Å². The van der Waals surface area contributed by atoms with Gasteiger partial charge in [-0.15, -0.1) is 0 Å². The van der Waals surface area contributed by atoms with E-state index in [0.29, 0.717) is 0 Å². The summed E-state index contributed by atoms with van der Waals surface area (Å²) in [5.74, 6) is 0.919. The fourth-order valence-electron chi connectivity index (χ4n) is 1.64. The summed E-state index contributed by atoms with van der Waals surface area (Å²) in [6.07, 6.45) is -0.0605. The molecule has 0 aliphatic carbocycles. The molecule has 1 aromatic rings. The minimum Gasteiger partial charge on any atom is -0.496 e. The summed E-state index contributed by atoms with van der Waals surface area (Å²) < 4.78 is 5.27. The van der Waals surface area contributed by atoms with Crippen LogP contribution in [0.5, 0.6) is 5.75 Å². The topological polar surface area (TPSA) is 38.5 Å². The lowest BCUT2D eigenvalue weighted by molar-refractivity contribution is 0.305. The molecule has 3 heteroatoms. The van der Waals surface area contributed by atoms with E-state index < -0.39 is 0 Å². The summed E-state index contributed by atoms with van der Waals surface area (Å²) in [5.41, 5.74) is 9.60. The minimum absolute atomic E-state index is 0.0605. The Hall–Kier alpha value is -1.06. The van der Waals surface area contributed by atoms with Crippen molar-refractivity contribution in [3.05, 3.63) is 28.8 Å². The quantitative estimate of drug-likeness (QED) is 0.770. The van der Waals surface area contributed by atoms with Gasteiger partial charge in [0, 0.05) is 0 Å². The summed E-state index contributed by atoms with van der Waals surface area (Å²) in [6, 6.07) is 4.01. The van der Waals surface area contributed by atoms with Gasteiger partial charge in [0.1, 0.15) is 5.75 Å². The summed E-state index contributed by atoms with van der Waals surface area (Å²) in [6.45, 7) is 4.14. The van der Waals surface area contributed by atoms with Gasteiger partial charge in [0.05, 0.1) is 13.3 Å². The van der Waals surface area contributed by atoms with Gasteiger partial charge in [0.15, 0.2) is 0 Å². The monoisotopic (exact) mass is 208 g/mol. The van der Waals surface area contributed by atoms with Crippen molar-refractivity contribution in [2.24, 2.45) is 5.73 Å². The van der Waals surface area contributed by atoms with Crippen LogP contribution >= 0.6 is 0 Å². The first kappa shape index (κ1) is 12.0. The van der Waals surface area contributed by atoms with E-state index in [1.807, 2.05) is 31.1 Å². The van der Waals surface area contributed by atoms with E-state index in [-0.39, 0.29) is 6.17 Å². The number of benzene rings is 1. The Kier molecular flexibility index (Phi) is 3.72. The molecular formula is C12H20N2O. The largest absolute Gasteiger partial charge is 0.496 e. The lowest BCUT2D eigenvalue weighted by Gasteiger charge is -2.23. The van der Waals surface area contributed by atoms with Gasteiger partial charge in [0.25, 0.3) is 0 Å². The zero-order chi connectivity index (χ0) is 11.6. The van der Waals surface area contributed by atoms with Crippen LogP contribution in [0.2, 0.25) is 0 Å². The molecule has 1 rings (SSSR count). The number of methoxy groups -OCH3 is 1. The van der Waals surface area contributed by atoms with Gasteiger partial charge in [-0.05, 0) is 50.7 Å². The van der Waals surface area contributed by atoms with E-state index in [2.05, 4.69) is 13.8 Å². The molecule has 1 unspecified atom stereocenters. The molecular weight excluding hydrogens is 188 g/mol. The first-order valence-corrected chi connectivity index (χ1v) is 5.05. The predicted molar refractivity (Wildman–Crippen MR) is 63.1 cm³/mol. The van der Waals surface area contributed by atoms with Crippen molar-refractivity contribution in [1.29, 1.82) is 0 Å². The number of nitrogens with two attached hydrogens (primary N) is 1. The molecule has 3 nitrogen and oxygen atoms in total. The molecule has 0 bridgehead atoms. The second-order valence-corrected chi connectivity index (χ2v) is 4.02. The Bertz CT molecular complexity index is 348. The third kappa shape index (κ3) is 2.30. The number of ether oxygens (including phenoxy) is 1. The molecule has 0 fully saturated rings. The van der Waals surface area contributed by atoms with Crippen LogP contribution in [-0.4, -0.2) is 26.1 Å². The molecule has 0 aliphatic heterocycles. The smallest absolute Gasteiger partial charge is 0.122 e. The predicted octanol–water partition coefficient (Wildman–Crippen LogP) is 1.83. The zero-order valence-electron chi connectivity index (χ0n) is 10.2. The van der Waals surface area contributed by atoms with Gasteiger partial charge in [-0.2, -0.15) is 0 Å². The van der Waals surface area contributed by atoms with E-state index >= 15 is 0 Å². The fraction of sp³-hybridized carbons (Fsp3) is 0.500. The summed E-state index contributed by atoms with van der Waals surface area (Å²) in [4.78, 5) is 1.99. The third-order valence-electron chi connectivity index (χ3n) is 2.87. The molecule has 0 aliphatic rings. The van der Waals surface area contributed by atoms with Gasteiger partial charge in [-0.3, -0.25) is 4.90 Å². The van der Waals surface area contributed by atoms with E-state index in [1.54, 1.807) is 7.11 Å². The van der Waals surface area contributed by atoms with Crippen molar-refractivity contribution in [3.63, 3.8) is 0 Å². The Morgan fingerprint density at radius 1 is 1.20 bits per heavy atom. The normalized spacial score (nSPS) is 13.0. The maximum Gasteiger partial charge on any atom is 0.122 e. The van der Waals surface area contributed by atoms with Crippen LogP contribution in [-0.2, 0) is 0 Å². The molecule has 1 aromatic carbocycles. The van der Waals surface area contributed by atoms with Gasteiger partial charge in [-0.1, -0.05) is 6.07 Å². The van der Waals surface area contributed by atoms with Crippen molar-refractivity contribution < 1.29 is 4.74 Å². The molecule has 0 aromatic heterocycles. The average molecular weight is 208 g/mol. The highest BCUT2D eigenvalue weighted by molar-refractivity contribution is 5.44. The molecule has 84 valence electrons. The molecule has 0 heterocycles. The Balaban J connectivity index is 3.17. The van der Waals surface area contributed by atoms with Crippen molar-refractivity contribution >= 4 is 0 Å². The van der Waals surface area contributed by atoms with Crippen molar-refractivity contribution in [2.75, 3.05) is 21.2 Å². The average Bonchev–Trinajstić information content (AvgIpc) is 2.21. The van der Waals surface area contributed by atoms with Crippen LogP contribution in [0, 0.1) is 13.8 Å². The SMILES string of the molecule is COc1ccc(C(N)N(C)C)c(C)c1C. The molecule has 0 saturated carbocycles. The number of rotatable bonds is 3. The van der Waals surface area contributed by atoms with E-state index in [9.17, 15) is 0 Å². The van der Waals surface area contributed by atoms with Gasteiger partial charge in [-0.25, -0.2) is 0 Å². The van der Waals surface area contributed by atoms with E-state index in [0.717, 1.165) is 16.9 Å². The van der Waals surface area contributed by atoms with Crippen LogP contribution in [0.1, 0.15) is 22.9 Å². The number of hydrogen-bond acceptors (Lipinski definition) is 3. The molecule has 0 saturated heterocycles. The van der Waals surface area contributed by atoms with Crippen molar-refractivity contribution in [3.8, 4) is 5.75 Å². The van der Waals surface area contributed by atoms with Crippen molar-refractivity contribution in [2.45, 2.75) is 20.0 Å². The third-order valence-corrected chi connectivity index (χ3v) is 2.87. The fourth-order valence-corrected chi connectivity index (χ4v) is 1.64. The van der Waals surface area contributed by atoms with Gasteiger partial charge >= 0.3 is 0 Å². The van der Waals surface area contributed by atoms with Gasteiger partial charge in [0.2, 0.25) is 0 Å². The molecule has 15 heavy (non-hydrogen) atoms. The van der Waals surface area contributed by atoms with Gasteiger partial charge < -0.3 is 10.5 Å². The summed E-state index contributed by atoms with van der Waals surface area (Å²) >= 11 is 0. The maximum atomic E-state index is 6.08. The molecule has 1 atom stereocenters. The lowest BCUT2D eigenvalue weighted by atomic mass is 10.00. The van der Waals surface area contributed by atoms with E-state index in [1.165, 1.54) is 5.56 Å². The number of nitrogens with zero attached hydrogens (tertiary/aromatic N) is 1. The highest BCUT2D eigenvalue weighted by Gasteiger charge is 2.14. The molecule has 0 spiro atoms. The Morgan fingerprint density at radius 3 is 2.27 bits per heavy atom. The van der Waals surface area contributed by atoms with Crippen LogP contribution in [0.15, 0.2) is 12.1 Å². The second-order valence-electron chi connectivity index (χ2n) is 4.02. The standard InChI is InChI=1S/C12H20N2O/c1-8-9(2)11(15-5)7-6-10(8)12(13)14(3)4/h6-7,12H,13H2,1-5H3. The van der Waals surface area contributed by atoms with Crippen molar-refractivity contribution in [1.82, 2.24) is 4.90 Å². The zero-order valence-corrected chi connectivity index (χ0v) is 10.2.